The number of nitro groups is 1. The average molecular weight is 307 g/mol. The summed E-state index contributed by atoms with van der Waals surface area (Å²) >= 11 is 0. The normalized spacial score (nSPS) is 13.0. The third-order valence-corrected chi connectivity index (χ3v) is 2.58. The number of hydrogen-bond acceptors (Lipinski definition) is 5. The third kappa shape index (κ3) is 5.56. The number of nitrogens with zero attached hydrogens (tertiary/aromatic N) is 1. The molecule has 1 aromatic carbocycles. The van der Waals surface area contributed by atoms with Crippen molar-refractivity contribution in [3.05, 3.63) is 33.9 Å². The smallest absolute Gasteiger partial charge is 0.392 e. The highest BCUT2D eigenvalue weighted by atomic mass is 19.4. The van der Waals surface area contributed by atoms with Crippen molar-refractivity contribution in [1.82, 2.24) is 5.32 Å². The van der Waals surface area contributed by atoms with Gasteiger partial charge in [0.15, 0.2) is 0 Å². The Morgan fingerprint density at radius 1 is 1.38 bits per heavy atom. The van der Waals surface area contributed by atoms with Crippen molar-refractivity contribution in [2.24, 2.45) is 0 Å². The van der Waals surface area contributed by atoms with Crippen LogP contribution in [0.4, 0.5) is 24.5 Å². The zero-order valence-corrected chi connectivity index (χ0v) is 11.3. The van der Waals surface area contributed by atoms with Crippen LogP contribution in [-0.2, 0) is 6.18 Å². The molecule has 1 rings (SSSR count). The zero-order chi connectivity index (χ0) is 16.0. The molecule has 1 aromatic rings. The molecule has 0 heterocycles. The highest BCUT2D eigenvalue weighted by molar-refractivity contribution is 5.62. The fourth-order valence-electron chi connectivity index (χ4n) is 1.61. The molecule has 0 amide bonds. The van der Waals surface area contributed by atoms with Crippen LogP contribution in [-0.4, -0.2) is 35.8 Å². The Bertz CT molecular complexity index is 492. The fraction of sp³-hybridized carbons (Fsp3) is 0.500. The number of nitro benzene ring substituents is 1. The van der Waals surface area contributed by atoms with Crippen LogP contribution in [0.2, 0.25) is 0 Å². The molecule has 3 N–H and O–H groups in total. The molecule has 0 radical (unpaired) electrons. The molecule has 0 spiro atoms. The molecular weight excluding hydrogens is 291 g/mol. The van der Waals surface area contributed by atoms with E-state index in [0.29, 0.717) is 19.2 Å². The first-order chi connectivity index (χ1) is 9.71. The Morgan fingerprint density at radius 3 is 2.57 bits per heavy atom. The first kappa shape index (κ1) is 17.2. The van der Waals surface area contributed by atoms with Gasteiger partial charge in [-0.05, 0) is 19.1 Å². The summed E-state index contributed by atoms with van der Waals surface area (Å²) in [5, 5.41) is 25.4. The van der Waals surface area contributed by atoms with Gasteiger partial charge in [-0.2, -0.15) is 13.2 Å². The van der Waals surface area contributed by atoms with E-state index in [9.17, 15) is 23.3 Å². The molecule has 0 aliphatic heterocycles. The Labute approximate surface area is 119 Å². The molecule has 0 aromatic heterocycles. The Morgan fingerprint density at radius 2 is 2.05 bits per heavy atom. The van der Waals surface area contributed by atoms with E-state index in [0.717, 1.165) is 12.1 Å². The predicted molar refractivity (Wildman–Crippen MR) is 71.1 cm³/mol. The number of benzene rings is 1. The first-order valence-corrected chi connectivity index (χ1v) is 6.20. The Hall–Kier alpha value is -1.87. The van der Waals surface area contributed by atoms with E-state index < -0.39 is 28.5 Å². The number of alkyl halides is 3. The number of aliphatic hydroxyl groups is 1. The van der Waals surface area contributed by atoms with Crippen LogP contribution in [0.5, 0.6) is 0 Å². The van der Waals surface area contributed by atoms with Gasteiger partial charge in [0.2, 0.25) is 0 Å². The highest BCUT2D eigenvalue weighted by Crippen LogP contribution is 2.34. The van der Waals surface area contributed by atoms with Crippen molar-refractivity contribution >= 4 is 11.4 Å². The second-order valence-electron chi connectivity index (χ2n) is 4.47. The maximum absolute atomic E-state index is 12.5. The molecule has 0 aliphatic rings. The number of anilines is 1. The summed E-state index contributed by atoms with van der Waals surface area (Å²) < 4.78 is 37.5. The van der Waals surface area contributed by atoms with Gasteiger partial charge in [0.05, 0.1) is 16.6 Å². The van der Waals surface area contributed by atoms with Crippen LogP contribution in [0, 0.1) is 10.1 Å². The van der Waals surface area contributed by atoms with E-state index in [-0.39, 0.29) is 12.2 Å². The molecule has 0 fully saturated rings. The molecule has 1 unspecified atom stereocenters. The molecular formula is C12H16F3N3O3. The predicted octanol–water partition coefficient (Wildman–Crippen LogP) is 2.00. The monoisotopic (exact) mass is 307 g/mol. The van der Waals surface area contributed by atoms with Crippen molar-refractivity contribution in [1.29, 1.82) is 0 Å². The van der Waals surface area contributed by atoms with Crippen LogP contribution < -0.4 is 10.6 Å². The molecule has 0 bridgehead atoms. The van der Waals surface area contributed by atoms with E-state index in [1.54, 1.807) is 6.92 Å². The van der Waals surface area contributed by atoms with Crippen molar-refractivity contribution < 1.29 is 23.2 Å². The minimum absolute atomic E-state index is 0.0202. The molecule has 21 heavy (non-hydrogen) atoms. The molecule has 0 saturated carbocycles. The minimum atomic E-state index is -4.62. The number of halogens is 3. The average Bonchev–Trinajstić information content (AvgIpc) is 2.36. The number of nitrogens with one attached hydrogen (secondary N) is 2. The van der Waals surface area contributed by atoms with Gasteiger partial charge < -0.3 is 15.7 Å². The standard InChI is InChI=1S/C12H16F3N3O3/c1-8(19)7-16-4-5-17-10-3-2-9(12(13,14)15)6-11(10)18(20)21/h2-3,6,8,16-17,19H,4-5,7H2,1H3. The van der Waals surface area contributed by atoms with Crippen molar-refractivity contribution in [3.8, 4) is 0 Å². The summed E-state index contributed by atoms with van der Waals surface area (Å²) in [7, 11) is 0. The van der Waals surface area contributed by atoms with E-state index in [1.807, 2.05) is 0 Å². The lowest BCUT2D eigenvalue weighted by Gasteiger charge is -2.11. The SMILES string of the molecule is CC(O)CNCCNc1ccc(C(F)(F)F)cc1[N+](=O)[O-]. The largest absolute Gasteiger partial charge is 0.416 e. The second-order valence-corrected chi connectivity index (χ2v) is 4.47. The van der Waals surface area contributed by atoms with Crippen LogP contribution >= 0.6 is 0 Å². The van der Waals surface area contributed by atoms with Gasteiger partial charge in [-0.1, -0.05) is 0 Å². The third-order valence-electron chi connectivity index (χ3n) is 2.58. The fourth-order valence-corrected chi connectivity index (χ4v) is 1.61. The van der Waals surface area contributed by atoms with Crippen LogP contribution in [0.25, 0.3) is 0 Å². The van der Waals surface area contributed by atoms with Gasteiger partial charge in [-0.3, -0.25) is 10.1 Å². The zero-order valence-electron chi connectivity index (χ0n) is 11.3. The summed E-state index contributed by atoms with van der Waals surface area (Å²) in [4.78, 5) is 9.97. The Kier molecular flexibility index (Phi) is 5.91. The van der Waals surface area contributed by atoms with Crippen molar-refractivity contribution in [2.45, 2.75) is 19.2 Å². The number of aliphatic hydroxyl groups excluding tert-OH is 1. The van der Waals surface area contributed by atoms with E-state index in [4.69, 9.17) is 5.11 Å². The lowest BCUT2D eigenvalue weighted by Crippen LogP contribution is -2.29. The molecule has 0 aliphatic carbocycles. The Balaban J connectivity index is 2.72. The van der Waals surface area contributed by atoms with Gasteiger partial charge in [0.1, 0.15) is 5.69 Å². The lowest BCUT2D eigenvalue weighted by molar-refractivity contribution is -0.384. The summed E-state index contributed by atoms with van der Waals surface area (Å²) in [6.07, 6.45) is -5.15. The van der Waals surface area contributed by atoms with Crippen LogP contribution in [0.1, 0.15) is 12.5 Å². The second kappa shape index (κ2) is 7.23. The topological polar surface area (TPSA) is 87.4 Å². The molecule has 1 atom stereocenters. The maximum atomic E-state index is 12.5. The van der Waals surface area contributed by atoms with Crippen LogP contribution in [0.15, 0.2) is 18.2 Å². The summed E-state index contributed by atoms with van der Waals surface area (Å²) in [5.74, 6) is 0. The van der Waals surface area contributed by atoms with Gasteiger partial charge in [-0.25, -0.2) is 0 Å². The van der Waals surface area contributed by atoms with Gasteiger partial charge >= 0.3 is 6.18 Å². The van der Waals surface area contributed by atoms with E-state index in [2.05, 4.69) is 10.6 Å². The van der Waals surface area contributed by atoms with Gasteiger partial charge in [0, 0.05) is 25.7 Å². The number of hydrogen-bond donors (Lipinski definition) is 3. The first-order valence-electron chi connectivity index (χ1n) is 6.20. The quantitative estimate of drug-likeness (QED) is 0.407. The minimum Gasteiger partial charge on any atom is -0.392 e. The van der Waals surface area contributed by atoms with Gasteiger partial charge in [0.25, 0.3) is 5.69 Å². The summed E-state index contributed by atoms with van der Waals surface area (Å²) in [5.41, 5.74) is -1.67. The molecule has 9 heteroatoms. The summed E-state index contributed by atoms with van der Waals surface area (Å²) in [6, 6.07) is 2.33. The summed E-state index contributed by atoms with van der Waals surface area (Å²) in [6.45, 7) is 2.64. The van der Waals surface area contributed by atoms with Crippen LogP contribution in [0.3, 0.4) is 0 Å². The molecule has 118 valence electrons. The van der Waals surface area contributed by atoms with E-state index >= 15 is 0 Å². The van der Waals surface area contributed by atoms with Gasteiger partial charge in [-0.15, -0.1) is 0 Å². The van der Waals surface area contributed by atoms with E-state index in [1.165, 1.54) is 0 Å². The lowest BCUT2D eigenvalue weighted by atomic mass is 10.1. The highest BCUT2D eigenvalue weighted by Gasteiger charge is 2.32. The maximum Gasteiger partial charge on any atom is 0.416 e. The van der Waals surface area contributed by atoms with Crippen molar-refractivity contribution in [2.75, 3.05) is 25.0 Å². The van der Waals surface area contributed by atoms with Crippen molar-refractivity contribution in [3.63, 3.8) is 0 Å². The number of rotatable bonds is 7. The molecule has 0 saturated heterocycles. The molecule has 6 nitrogen and oxygen atoms in total.